The molecule has 0 saturated heterocycles. The first kappa shape index (κ1) is 31.5. The molecule has 12 heteroatoms. The van der Waals surface area contributed by atoms with E-state index < -0.39 is 11.9 Å². The molecule has 12 nitrogen and oxygen atoms in total. The van der Waals surface area contributed by atoms with Crippen LogP contribution in [0.15, 0.2) is 96.1 Å². The van der Waals surface area contributed by atoms with Crippen LogP contribution in [0.2, 0.25) is 0 Å². The average Bonchev–Trinajstić information content (AvgIpc) is 3.44. The number of hydrogen-bond donors (Lipinski definition) is 4. The highest BCUT2D eigenvalue weighted by Crippen LogP contribution is 2.33. The topological polar surface area (TPSA) is 186 Å². The SMILES string of the molecule is COc1ccc(Oc2ccc(-c3nc4cc(C(=O)NCCc5ccccn5)ccc4n3C(CCCN=C(N)N)C(N)=O)cc2)cc1. The number of carbonyl (C=O) groups is 2. The zero-order valence-corrected chi connectivity index (χ0v) is 25.4. The number of carbonyl (C=O) groups excluding carboxylic acids is 2. The van der Waals surface area contributed by atoms with Gasteiger partial charge in [-0.3, -0.25) is 19.6 Å². The molecule has 2 amide bonds. The van der Waals surface area contributed by atoms with Gasteiger partial charge in [-0.15, -0.1) is 0 Å². The lowest BCUT2D eigenvalue weighted by atomic mass is 10.1. The monoisotopic (exact) mass is 620 g/mol. The van der Waals surface area contributed by atoms with Gasteiger partial charge in [0.25, 0.3) is 5.91 Å². The van der Waals surface area contributed by atoms with Crippen LogP contribution in [0.1, 0.15) is 34.9 Å². The quantitative estimate of drug-likeness (QED) is 0.0816. The van der Waals surface area contributed by atoms with E-state index in [-0.39, 0.29) is 11.9 Å². The molecule has 46 heavy (non-hydrogen) atoms. The number of fused-ring (bicyclic) bond motifs is 1. The van der Waals surface area contributed by atoms with Crippen molar-refractivity contribution in [2.75, 3.05) is 20.2 Å². The fourth-order valence-corrected chi connectivity index (χ4v) is 5.05. The molecule has 0 aliphatic heterocycles. The van der Waals surface area contributed by atoms with Gasteiger partial charge in [-0.05, 0) is 91.7 Å². The molecule has 1 atom stereocenters. The predicted molar refractivity (Wildman–Crippen MR) is 177 cm³/mol. The fraction of sp³-hybridized carbons (Fsp3) is 0.206. The van der Waals surface area contributed by atoms with Crippen molar-refractivity contribution in [3.63, 3.8) is 0 Å². The maximum atomic E-state index is 13.0. The van der Waals surface area contributed by atoms with E-state index in [1.165, 1.54) is 0 Å². The van der Waals surface area contributed by atoms with E-state index in [0.717, 1.165) is 17.0 Å². The lowest BCUT2D eigenvalue weighted by Crippen LogP contribution is -2.28. The summed E-state index contributed by atoms with van der Waals surface area (Å²) in [5.74, 6) is 1.73. The highest BCUT2D eigenvalue weighted by molar-refractivity contribution is 5.98. The van der Waals surface area contributed by atoms with Gasteiger partial charge in [0.15, 0.2) is 5.96 Å². The molecule has 0 aliphatic rings. The number of aliphatic imine (C=N–C) groups is 1. The maximum Gasteiger partial charge on any atom is 0.251 e. The number of guanidine groups is 1. The van der Waals surface area contributed by atoms with Crippen molar-refractivity contribution in [1.82, 2.24) is 19.9 Å². The molecule has 0 saturated carbocycles. The van der Waals surface area contributed by atoms with Gasteiger partial charge in [-0.25, -0.2) is 4.98 Å². The minimum absolute atomic E-state index is 0.0211. The minimum Gasteiger partial charge on any atom is -0.497 e. The summed E-state index contributed by atoms with van der Waals surface area (Å²) < 4.78 is 13.0. The molecule has 2 aromatic heterocycles. The number of nitrogens with one attached hydrogen (secondary N) is 1. The van der Waals surface area contributed by atoms with Crippen LogP contribution in [-0.4, -0.2) is 52.5 Å². The highest BCUT2D eigenvalue weighted by Gasteiger charge is 2.25. The minimum atomic E-state index is -0.748. The number of nitrogens with zero attached hydrogens (tertiary/aromatic N) is 4. The molecular weight excluding hydrogens is 584 g/mol. The summed E-state index contributed by atoms with van der Waals surface area (Å²) in [4.78, 5) is 39.1. The van der Waals surface area contributed by atoms with Crippen LogP contribution in [0, 0.1) is 0 Å². The van der Waals surface area contributed by atoms with Crippen molar-refractivity contribution >= 4 is 28.8 Å². The van der Waals surface area contributed by atoms with Gasteiger partial charge in [0.05, 0.1) is 18.1 Å². The number of rotatable bonds is 14. The summed E-state index contributed by atoms with van der Waals surface area (Å²) in [5, 5.41) is 2.94. The van der Waals surface area contributed by atoms with Crippen LogP contribution < -0.4 is 32.0 Å². The number of ether oxygens (including phenoxy) is 2. The van der Waals surface area contributed by atoms with Crippen LogP contribution in [-0.2, 0) is 11.2 Å². The zero-order valence-electron chi connectivity index (χ0n) is 25.4. The van der Waals surface area contributed by atoms with Crippen LogP contribution in [0.5, 0.6) is 17.2 Å². The number of methoxy groups -OCH3 is 1. The number of imidazole rings is 1. The highest BCUT2D eigenvalue weighted by atomic mass is 16.5. The second kappa shape index (κ2) is 14.7. The van der Waals surface area contributed by atoms with Crippen molar-refractivity contribution in [2.45, 2.75) is 25.3 Å². The Balaban J connectivity index is 1.44. The standard InChI is InChI=1S/C34H36N8O4/c1-45-25-12-14-27(15-13-25)46-26-10-7-22(8-11-26)32-41-28-21-23(33(44)39-20-17-24-5-2-3-18-38-24)9-16-29(28)42(32)30(31(35)43)6-4-19-40-34(36)37/h2-3,5,7-16,18,21,30H,4,6,17,19-20H2,1H3,(H2,35,43)(H,39,44)(H4,36,37,40). The third kappa shape index (κ3) is 7.78. The van der Waals surface area contributed by atoms with Crippen molar-refractivity contribution in [3.05, 3.63) is 102 Å². The summed E-state index contributed by atoms with van der Waals surface area (Å²) >= 11 is 0. The van der Waals surface area contributed by atoms with E-state index in [4.69, 9.17) is 31.7 Å². The Hall–Kier alpha value is -5.91. The molecular formula is C34H36N8O4. The molecule has 5 aromatic rings. The third-order valence-corrected chi connectivity index (χ3v) is 7.32. The molecule has 7 N–H and O–H groups in total. The Kier molecular flexibility index (Phi) is 10.1. The Morgan fingerprint density at radius 3 is 2.30 bits per heavy atom. The molecule has 0 fully saturated rings. The van der Waals surface area contributed by atoms with Gasteiger partial charge >= 0.3 is 0 Å². The Morgan fingerprint density at radius 1 is 0.935 bits per heavy atom. The van der Waals surface area contributed by atoms with Gasteiger partial charge < -0.3 is 36.6 Å². The lowest BCUT2D eigenvalue weighted by molar-refractivity contribution is -0.121. The van der Waals surface area contributed by atoms with Gasteiger partial charge in [0.2, 0.25) is 5.91 Å². The summed E-state index contributed by atoms with van der Waals surface area (Å²) in [6.45, 7) is 0.770. The van der Waals surface area contributed by atoms with Crippen molar-refractivity contribution in [2.24, 2.45) is 22.2 Å². The molecule has 0 aliphatic carbocycles. The van der Waals surface area contributed by atoms with Crippen LogP contribution in [0.25, 0.3) is 22.4 Å². The van der Waals surface area contributed by atoms with Crippen LogP contribution in [0.3, 0.4) is 0 Å². The first-order chi connectivity index (χ1) is 22.3. The average molecular weight is 621 g/mol. The Morgan fingerprint density at radius 2 is 1.65 bits per heavy atom. The van der Waals surface area contributed by atoms with Crippen LogP contribution in [0.4, 0.5) is 0 Å². The molecule has 5 rings (SSSR count). The van der Waals surface area contributed by atoms with E-state index in [9.17, 15) is 9.59 Å². The zero-order chi connectivity index (χ0) is 32.5. The lowest BCUT2D eigenvalue weighted by Gasteiger charge is -2.19. The smallest absolute Gasteiger partial charge is 0.251 e. The van der Waals surface area contributed by atoms with Crippen molar-refractivity contribution < 1.29 is 19.1 Å². The Labute approximate surface area is 266 Å². The van der Waals surface area contributed by atoms with E-state index >= 15 is 0 Å². The van der Waals surface area contributed by atoms with E-state index in [2.05, 4.69) is 15.3 Å². The number of pyridine rings is 1. The summed E-state index contributed by atoms with van der Waals surface area (Å²) in [6.07, 6.45) is 3.21. The number of nitrogens with two attached hydrogens (primary N) is 3. The number of benzene rings is 3. The molecule has 3 aromatic carbocycles. The van der Waals surface area contributed by atoms with Gasteiger partial charge in [-0.2, -0.15) is 0 Å². The first-order valence-electron chi connectivity index (χ1n) is 14.8. The molecule has 236 valence electrons. The summed E-state index contributed by atoms with van der Waals surface area (Å²) in [5.41, 5.74) is 20.2. The largest absolute Gasteiger partial charge is 0.497 e. The predicted octanol–water partition coefficient (Wildman–Crippen LogP) is 3.95. The second-order valence-electron chi connectivity index (χ2n) is 10.5. The Bertz CT molecular complexity index is 1820. The van der Waals surface area contributed by atoms with Crippen molar-refractivity contribution in [3.8, 4) is 28.6 Å². The van der Waals surface area contributed by atoms with E-state index in [1.54, 1.807) is 31.5 Å². The number of primary amides is 1. The maximum absolute atomic E-state index is 13.0. The summed E-state index contributed by atoms with van der Waals surface area (Å²) in [7, 11) is 1.61. The van der Waals surface area contributed by atoms with Crippen LogP contribution >= 0.6 is 0 Å². The van der Waals surface area contributed by atoms with Gasteiger partial charge in [0.1, 0.15) is 29.1 Å². The molecule has 1 unspecified atom stereocenters. The van der Waals surface area contributed by atoms with Gasteiger partial charge in [-0.1, -0.05) is 6.07 Å². The molecule has 0 bridgehead atoms. The van der Waals surface area contributed by atoms with Gasteiger partial charge in [0, 0.05) is 42.5 Å². The number of hydrogen-bond acceptors (Lipinski definition) is 7. The first-order valence-corrected chi connectivity index (χ1v) is 14.8. The third-order valence-electron chi connectivity index (χ3n) is 7.32. The number of aromatic nitrogens is 3. The molecule has 0 spiro atoms. The number of amides is 2. The fourth-order valence-electron chi connectivity index (χ4n) is 5.05. The van der Waals surface area contributed by atoms with E-state index in [0.29, 0.717) is 66.3 Å². The second-order valence-corrected chi connectivity index (χ2v) is 10.5. The summed E-state index contributed by atoms with van der Waals surface area (Å²) in [6, 6.07) is 24.8. The normalized spacial score (nSPS) is 11.5. The molecule has 2 heterocycles. The van der Waals surface area contributed by atoms with E-state index in [1.807, 2.05) is 71.3 Å². The molecule has 0 radical (unpaired) electrons. The van der Waals surface area contributed by atoms with Crippen molar-refractivity contribution in [1.29, 1.82) is 0 Å².